The lowest BCUT2D eigenvalue weighted by atomic mass is 9.97. The predicted octanol–water partition coefficient (Wildman–Crippen LogP) is 3.33. The molecule has 8 heteroatoms. The van der Waals surface area contributed by atoms with E-state index >= 15 is 0 Å². The zero-order valence-electron chi connectivity index (χ0n) is 17.5. The number of hydrogen-bond acceptors (Lipinski definition) is 6. The number of halogens is 1. The highest BCUT2D eigenvalue weighted by atomic mass is 19.1. The van der Waals surface area contributed by atoms with Gasteiger partial charge in [-0.3, -0.25) is 4.79 Å². The Morgan fingerprint density at radius 1 is 1.00 bits per heavy atom. The number of carbonyl (C=O) groups is 1. The van der Waals surface area contributed by atoms with E-state index in [0.717, 1.165) is 30.6 Å². The second kappa shape index (κ2) is 7.34. The number of aromatic nitrogens is 3. The summed E-state index contributed by atoms with van der Waals surface area (Å²) in [4.78, 5) is 29.7. The topological polar surface area (TPSA) is 71.5 Å². The number of fused-ring (bicyclic) bond motifs is 2. The van der Waals surface area contributed by atoms with Crippen molar-refractivity contribution < 1.29 is 13.9 Å². The van der Waals surface area contributed by atoms with E-state index in [4.69, 9.17) is 4.74 Å². The molecular weight excluding hydrogens is 409 g/mol. The van der Waals surface area contributed by atoms with Gasteiger partial charge < -0.3 is 14.5 Å². The second-order valence-corrected chi connectivity index (χ2v) is 8.64. The Balaban J connectivity index is 1.32. The van der Waals surface area contributed by atoms with E-state index in [1.54, 1.807) is 18.5 Å². The number of amides is 1. The monoisotopic (exact) mass is 431 g/mol. The van der Waals surface area contributed by atoms with Crippen LogP contribution in [0, 0.1) is 5.95 Å². The van der Waals surface area contributed by atoms with Crippen molar-refractivity contribution in [3.63, 3.8) is 0 Å². The lowest BCUT2D eigenvalue weighted by Crippen LogP contribution is -2.40. The SMILES string of the molecule is O=C(c1ccc2c(c1)N(c1ncc(-c3ccnc(F)c3)cn1)CC21CC1)N1CCOCC1. The number of morpholine rings is 1. The van der Waals surface area contributed by atoms with E-state index in [1.165, 1.54) is 17.8 Å². The maximum absolute atomic E-state index is 13.5. The fourth-order valence-corrected chi connectivity index (χ4v) is 4.71. The minimum absolute atomic E-state index is 0.0313. The van der Waals surface area contributed by atoms with Crippen molar-refractivity contribution >= 4 is 17.5 Å². The van der Waals surface area contributed by atoms with Crippen molar-refractivity contribution in [3.05, 3.63) is 66.0 Å². The first-order valence-corrected chi connectivity index (χ1v) is 10.9. The number of ether oxygens (including phenoxy) is 1. The minimum Gasteiger partial charge on any atom is -0.378 e. The lowest BCUT2D eigenvalue weighted by Gasteiger charge is -2.27. The first-order chi connectivity index (χ1) is 15.6. The largest absolute Gasteiger partial charge is 0.378 e. The van der Waals surface area contributed by atoms with Gasteiger partial charge in [-0.1, -0.05) is 6.07 Å². The van der Waals surface area contributed by atoms with Crippen molar-refractivity contribution in [3.8, 4) is 11.1 Å². The van der Waals surface area contributed by atoms with Gasteiger partial charge in [-0.25, -0.2) is 15.0 Å². The Morgan fingerprint density at radius 2 is 1.78 bits per heavy atom. The molecule has 1 saturated heterocycles. The minimum atomic E-state index is -0.534. The first-order valence-electron chi connectivity index (χ1n) is 10.9. The maximum atomic E-state index is 13.5. The molecule has 1 saturated carbocycles. The molecule has 0 unspecified atom stereocenters. The van der Waals surface area contributed by atoms with Crippen molar-refractivity contribution in [1.82, 2.24) is 19.9 Å². The summed E-state index contributed by atoms with van der Waals surface area (Å²) in [6, 6.07) is 9.13. The smallest absolute Gasteiger partial charge is 0.254 e. The van der Waals surface area contributed by atoms with Crippen LogP contribution in [0.1, 0.15) is 28.8 Å². The summed E-state index contributed by atoms with van der Waals surface area (Å²) in [5, 5.41) is 0. The number of hydrogen-bond donors (Lipinski definition) is 0. The van der Waals surface area contributed by atoms with Crippen LogP contribution >= 0.6 is 0 Å². The molecule has 2 aliphatic heterocycles. The molecule has 1 aliphatic carbocycles. The molecule has 4 heterocycles. The summed E-state index contributed by atoms with van der Waals surface area (Å²) in [6.45, 7) is 3.19. The third kappa shape index (κ3) is 3.22. The highest BCUT2D eigenvalue weighted by Gasteiger charge is 2.52. The van der Waals surface area contributed by atoms with Crippen molar-refractivity contribution in [2.45, 2.75) is 18.3 Å². The van der Waals surface area contributed by atoms with Gasteiger partial charge in [-0.05, 0) is 42.2 Å². The molecule has 1 aromatic carbocycles. The molecule has 1 spiro atoms. The fourth-order valence-electron chi connectivity index (χ4n) is 4.71. The predicted molar refractivity (Wildman–Crippen MR) is 116 cm³/mol. The first kappa shape index (κ1) is 19.3. The van der Waals surface area contributed by atoms with Crippen LogP contribution in [0.25, 0.3) is 11.1 Å². The third-order valence-electron chi connectivity index (χ3n) is 6.66. The number of nitrogens with zero attached hydrogens (tertiary/aromatic N) is 5. The van der Waals surface area contributed by atoms with E-state index in [0.29, 0.717) is 43.4 Å². The summed E-state index contributed by atoms with van der Waals surface area (Å²) in [5.41, 5.74) is 4.49. The highest BCUT2D eigenvalue weighted by molar-refractivity contribution is 5.96. The average Bonchev–Trinajstić information content (AvgIpc) is 3.55. The molecule has 162 valence electrons. The zero-order valence-corrected chi connectivity index (χ0v) is 17.5. The van der Waals surface area contributed by atoms with Gasteiger partial charge in [0.25, 0.3) is 5.91 Å². The van der Waals surface area contributed by atoms with Crippen LogP contribution in [0.3, 0.4) is 0 Å². The van der Waals surface area contributed by atoms with Gasteiger partial charge in [0.05, 0.1) is 13.2 Å². The summed E-state index contributed by atoms with van der Waals surface area (Å²) in [6.07, 6.45) is 7.09. The van der Waals surface area contributed by atoms with E-state index in [9.17, 15) is 9.18 Å². The summed E-state index contributed by atoms with van der Waals surface area (Å²) in [7, 11) is 0. The van der Waals surface area contributed by atoms with Crippen molar-refractivity contribution in [2.75, 3.05) is 37.7 Å². The molecule has 0 radical (unpaired) electrons. The molecule has 0 N–H and O–H groups in total. The van der Waals surface area contributed by atoms with Gasteiger partial charge in [0.15, 0.2) is 0 Å². The third-order valence-corrected chi connectivity index (χ3v) is 6.66. The lowest BCUT2D eigenvalue weighted by molar-refractivity contribution is 0.0303. The highest BCUT2D eigenvalue weighted by Crippen LogP contribution is 2.57. The van der Waals surface area contributed by atoms with Gasteiger partial charge in [0.1, 0.15) is 0 Å². The van der Waals surface area contributed by atoms with Crippen molar-refractivity contribution in [1.29, 1.82) is 0 Å². The summed E-state index contributed by atoms with van der Waals surface area (Å²) in [5.74, 6) is 0.0845. The van der Waals surface area contributed by atoms with Crippen LogP contribution in [0.5, 0.6) is 0 Å². The Labute approximate surface area is 184 Å². The van der Waals surface area contributed by atoms with Crippen LogP contribution in [0.4, 0.5) is 16.0 Å². The van der Waals surface area contributed by atoms with Gasteiger partial charge in [-0.15, -0.1) is 0 Å². The number of rotatable bonds is 3. The Bertz CT molecular complexity index is 1190. The Morgan fingerprint density at radius 3 is 2.50 bits per heavy atom. The molecule has 32 heavy (non-hydrogen) atoms. The molecule has 2 aromatic heterocycles. The molecule has 6 rings (SSSR count). The molecule has 7 nitrogen and oxygen atoms in total. The normalized spacial score (nSPS) is 18.7. The van der Waals surface area contributed by atoms with Crippen LogP contribution in [-0.2, 0) is 10.2 Å². The molecule has 0 bridgehead atoms. The Kier molecular flexibility index (Phi) is 4.43. The molecule has 0 atom stereocenters. The summed E-state index contributed by atoms with van der Waals surface area (Å²) >= 11 is 0. The molecule has 2 fully saturated rings. The molecule has 3 aliphatic rings. The average molecular weight is 431 g/mol. The van der Waals surface area contributed by atoms with Gasteiger partial charge in [0, 0.05) is 66.5 Å². The van der Waals surface area contributed by atoms with Crippen LogP contribution in [0.2, 0.25) is 0 Å². The Hall–Kier alpha value is -3.39. The van der Waals surface area contributed by atoms with Gasteiger partial charge in [-0.2, -0.15) is 4.39 Å². The van der Waals surface area contributed by atoms with Crippen LogP contribution in [-0.4, -0.2) is 58.6 Å². The standard InChI is InChI=1S/C24H22FN5O2/c25-21-12-16(3-6-26-21)18-13-27-23(28-14-18)30-15-24(4-5-24)19-2-1-17(11-20(19)30)22(31)29-7-9-32-10-8-29/h1-3,6,11-14H,4-5,7-10,15H2. The second-order valence-electron chi connectivity index (χ2n) is 8.64. The van der Waals surface area contributed by atoms with E-state index < -0.39 is 5.95 Å². The number of carbonyl (C=O) groups excluding carboxylic acids is 1. The molecular formula is C24H22FN5O2. The quantitative estimate of drug-likeness (QED) is 0.593. The zero-order chi connectivity index (χ0) is 21.7. The summed E-state index contributed by atoms with van der Waals surface area (Å²) < 4.78 is 18.9. The number of anilines is 2. The molecule has 1 amide bonds. The fraction of sp³-hybridized carbons (Fsp3) is 0.333. The van der Waals surface area contributed by atoms with Gasteiger partial charge >= 0.3 is 0 Å². The van der Waals surface area contributed by atoms with E-state index in [1.807, 2.05) is 17.0 Å². The number of pyridine rings is 1. The van der Waals surface area contributed by atoms with Crippen LogP contribution < -0.4 is 4.90 Å². The van der Waals surface area contributed by atoms with E-state index in [-0.39, 0.29) is 11.3 Å². The molecule has 3 aromatic rings. The number of benzene rings is 1. The van der Waals surface area contributed by atoms with E-state index in [2.05, 4.69) is 25.9 Å². The van der Waals surface area contributed by atoms with Crippen LogP contribution in [0.15, 0.2) is 48.9 Å². The maximum Gasteiger partial charge on any atom is 0.254 e. The van der Waals surface area contributed by atoms with Gasteiger partial charge in [0.2, 0.25) is 11.9 Å². The van der Waals surface area contributed by atoms with Crippen molar-refractivity contribution in [2.24, 2.45) is 0 Å².